The summed E-state index contributed by atoms with van der Waals surface area (Å²) in [6, 6.07) is 7.96. The minimum atomic E-state index is -0.191. The van der Waals surface area contributed by atoms with Gasteiger partial charge in [0.2, 0.25) is 0 Å². The molecule has 0 bridgehead atoms. The Balaban J connectivity index is 0.000000251. The third-order valence-electron chi connectivity index (χ3n) is 3.67. The third-order valence-corrected chi connectivity index (χ3v) is 6.79. The van der Waals surface area contributed by atoms with E-state index in [1.807, 2.05) is 66.6 Å². The molecule has 1 unspecified atom stereocenters. The normalized spacial score (nSPS) is 21.1. The predicted molar refractivity (Wildman–Crippen MR) is 112 cm³/mol. The van der Waals surface area contributed by atoms with E-state index in [1.54, 1.807) is 0 Å². The molecule has 1 aromatic rings. The van der Waals surface area contributed by atoms with Crippen molar-refractivity contribution in [2.45, 2.75) is 33.3 Å². The van der Waals surface area contributed by atoms with E-state index in [1.165, 1.54) is 26.1 Å². The van der Waals surface area contributed by atoms with Crippen molar-refractivity contribution in [2.24, 2.45) is 0 Å². The zero-order chi connectivity index (χ0) is 18.7. The number of halogens is 1. The van der Waals surface area contributed by atoms with Gasteiger partial charge in [-0.05, 0) is 19.3 Å². The molecule has 1 aromatic carbocycles. The molecule has 1 aliphatic heterocycles. The van der Waals surface area contributed by atoms with Crippen LogP contribution in [0.4, 0.5) is 0 Å². The molecule has 0 radical (unpaired) electrons. The van der Waals surface area contributed by atoms with Crippen LogP contribution in [0.2, 0.25) is 0 Å². The van der Waals surface area contributed by atoms with Crippen LogP contribution in [0.1, 0.15) is 32.8 Å². The first-order valence-electron chi connectivity index (χ1n) is 8.40. The summed E-state index contributed by atoms with van der Waals surface area (Å²) in [6.45, 7) is 12.4. The maximum atomic E-state index is 5.72. The molecule has 2 rings (SSSR count). The number of hydrogen-bond acceptors (Lipinski definition) is 4. The molecule has 1 saturated heterocycles. The van der Waals surface area contributed by atoms with Crippen molar-refractivity contribution in [1.82, 2.24) is 4.31 Å². The quantitative estimate of drug-likeness (QED) is 0.229. The first-order chi connectivity index (χ1) is 12.0. The fraction of sp³-hybridized carbons (Fsp3) is 0.556. The van der Waals surface area contributed by atoms with Gasteiger partial charge in [-0.3, -0.25) is 0 Å². The SMILES string of the molecule is CC(C)Oc1ccccc1[CH]=[Ru][Cl].CCC[N+]1(SC)[CH-]N(SC)CC1. The topological polar surface area (TPSA) is 12.5 Å². The van der Waals surface area contributed by atoms with Gasteiger partial charge in [0.1, 0.15) is 0 Å². The van der Waals surface area contributed by atoms with Gasteiger partial charge in [0.25, 0.3) is 0 Å². The summed E-state index contributed by atoms with van der Waals surface area (Å²) in [5.41, 5.74) is 1.10. The molecule has 0 aromatic heterocycles. The number of nitrogens with zero attached hydrogens (tertiary/aromatic N) is 2. The smallest absolute Gasteiger partial charge is 0.0773 e. The second-order valence-electron chi connectivity index (χ2n) is 5.90. The number of ether oxygens (including phenoxy) is 1. The van der Waals surface area contributed by atoms with Gasteiger partial charge in [-0.2, -0.15) is 0 Å². The minimum absolute atomic E-state index is 0.191. The van der Waals surface area contributed by atoms with E-state index >= 15 is 0 Å². The standard InChI is InChI=1S/C10H12O.C8H18N2S2.ClH.Ru/c1-8(2)11-10-7-5-4-6-9(10)3;1-4-6-10(12-3)7-5-9(8-10)11-2;;/h3-8H,1-2H3;8H,4-7H2,1-3H3;1H;/q;;;+1/p-1. The van der Waals surface area contributed by atoms with E-state index in [0.717, 1.165) is 15.2 Å². The molecule has 145 valence electrons. The molecule has 0 aliphatic carbocycles. The van der Waals surface area contributed by atoms with Gasteiger partial charge in [-0.1, -0.05) is 6.92 Å². The van der Waals surface area contributed by atoms with Gasteiger partial charge < -0.3 is 8.19 Å². The van der Waals surface area contributed by atoms with E-state index in [2.05, 4.69) is 30.4 Å². The Labute approximate surface area is 173 Å². The van der Waals surface area contributed by atoms with Gasteiger partial charge in [-0.15, -0.1) is 11.9 Å². The Hall–Kier alpha value is 0.423. The van der Waals surface area contributed by atoms with Crippen LogP contribution >= 0.6 is 33.6 Å². The van der Waals surface area contributed by atoms with Crippen LogP contribution in [-0.4, -0.2) is 51.1 Å². The van der Waals surface area contributed by atoms with Gasteiger partial charge in [0.05, 0.1) is 13.1 Å². The number of quaternary nitrogens is 1. The largest absolute Gasteiger partial charge is 0.377 e. The van der Waals surface area contributed by atoms with Gasteiger partial charge in [0, 0.05) is 24.7 Å². The maximum absolute atomic E-state index is 5.72. The Kier molecular flexibility index (Phi) is 12.0. The average Bonchev–Trinajstić information content (AvgIpc) is 3.01. The van der Waals surface area contributed by atoms with Crippen molar-refractivity contribution in [1.29, 1.82) is 0 Å². The predicted octanol–water partition coefficient (Wildman–Crippen LogP) is 5.06. The fourth-order valence-corrected chi connectivity index (χ4v) is 5.05. The molecule has 3 nitrogen and oxygen atoms in total. The molecule has 0 saturated carbocycles. The van der Waals surface area contributed by atoms with Crippen LogP contribution in [0.3, 0.4) is 0 Å². The number of benzene rings is 1. The molecule has 0 N–H and O–H groups in total. The molecule has 1 fully saturated rings. The molecular formula is C18H30ClN2ORuS2. The molecule has 0 spiro atoms. The number of rotatable bonds is 7. The first-order valence-corrected chi connectivity index (χ1v) is 14.0. The summed E-state index contributed by atoms with van der Waals surface area (Å²) in [5, 5.41) is 0. The first kappa shape index (κ1) is 23.5. The van der Waals surface area contributed by atoms with E-state index in [9.17, 15) is 0 Å². The van der Waals surface area contributed by atoms with Gasteiger partial charge in [-0.25, -0.2) is 0 Å². The van der Waals surface area contributed by atoms with Crippen molar-refractivity contribution >= 4 is 38.2 Å². The molecule has 1 aliphatic rings. The summed E-state index contributed by atoms with van der Waals surface area (Å²) in [5.74, 6) is 0.924. The minimum Gasteiger partial charge on any atom is -0.377 e. The Morgan fingerprint density at radius 3 is 2.64 bits per heavy atom. The Morgan fingerprint density at radius 2 is 2.12 bits per heavy atom. The summed E-state index contributed by atoms with van der Waals surface area (Å²) in [6.07, 6.45) is 5.82. The second kappa shape index (κ2) is 12.7. The van der Waals surface area contributed by atoms with Crippen LogP contribution < -0.4 is 4.74 Å². The van der Waals surface area contributed by atoms with Crippen LogP contribution in [0.15, 0.2) is 24.3 Å². The van der Waals surface area contributed by atoms with Gasteiger partial charge in [0.15, 0.2) is 0 Å². The van der Waals surface area contributed by atoms with Crippen molar-refractivity contribution in [3.8, 4) is 5.75 Å². The average molecular weight is 491 g/mol. The fourth-order valence-electron chi connectivity index (χ4n) is 2.50. The number of hydrogen-bond donors (Lipinski definition) is 0. The van der Waals surface area contributed by atoms with E-state index in [-0.39, 0.29) is 21.8 Å². The van der Waals surface area contributed by atoms with E-state index in [4.69, 9.17) is 14.4 Å². The van der Waals surface area contributed by atoms with E-state index in [0.29, 0.717) is 0 Å². The van der Waals surface area contributed by atoms with Crippen LogP contribution in [-0.2, 0) is 15.7 Å². The summed E-state index contributed by atoms with van der Waals surface area (Å²) in [4.78, 5) is 0. The monoisotopic (exact) mass is 491 g/mol. The zero-order valence-electron chi connectivity index (χ0n) is 15.7. The van der Waals surface area contributed by atoms with Crippen molar-refractivity contribution in [3.05, 3.63) is 36.5 Å². The summed E-state index contributed by atoms with van der Waals surface area (Å²) < 4.78 is 11.1. The van der Waals surface area contributed by atoms with Crippen molar-refractivity contribution in [2.75, 3.05) is 32.1 Å². The van der Waals surface area contributed by atoms with E-state index < -0.39 is 0 Å². The van der Waals surface area contributed by atoms with Crippen LogP contribution in [0.25, 0.3) is 0 Å². The number of para-hydroxylation sites is 1. The van der Waals surface area contributed by atoms with Crippen molar-refractivity contribution < 1.29 is 24.3 Å². The second-order valence-corrected chi connectivity index (χ2v) is 9.62. The zero-order valence-corrected chi connectivity index (χ0v) is 19.8. The van der Waals surface area contributed by atoms with Crippen LogP contribution in [0.5, 0.6) is 5.75 Å². The molecule has 1 heterocycles. The molecule has 0 amide bonds. The van der Waals surface area contributed by atoms with Crippen molar-refractivity contribution in [3.63, 3.8) is 0 Å². The van der Waals surface area contributed by atoms with Crippen LogP contribution in [0, 0.1) is 6.67 Å². The Bertz CT molecular complexity index is 534. The molecule has 25 heavy (non-hydrogen) atoms. The molecular weight excluding hydrogens is 461 g/mol. The summed E-state index contributed by atoms with van der Waals surface area (Å²) in [7, 11) is 5.72. The Morgan fingerprint density at radius 1 is 1.40 bits per heavy atom. The summed E-state index contributed by atoms with van der Waals surface area (Å²) >= 11 is 3.58. The third kappa shape index (κ3) is 8.32. The molecule has 1 atom stereocenters. The molecule has 7 heteroatoms. The maximum Gasteiger partial charge on any atom is 0.0773 e. The van der Waals surface area contributed by atoms with Gasteiger partial charge >= 0.3 is 90.3 Å².